The van der Waals surface area contributed by atoms with Crippen LogP contribution in [0.2, 0.25) is 0 Å². The average molecular weight is 277 g/mol. The summed E-state index contributed by atoms with van der Waals surface area (Å²) in [5.74, 6) is 0.792. The van der Waals surface area contributed by atoms with Crippen molar-refractivity contribution in [3.05, 3.63) is 34.8 Å². The molecule has 0 aliphatic heterocycles. The summed E-state index contributed by atoms with van der Waals surface area (Å²) in [5, 5.41) is 12.6. The monoisotopic (exact) mass is 277 g/mol. The lowest BCUT2D eigenvalue weighted by Crippen LogP contribution is -2.10. The maximum Gasteiger partial charge on any atom is 0.299 e. The predicted octanol–water partition coefficient (Wildman–Crippen LogP) is 3.35. The number of hydrogen-bond donors (Lipinski definition) is 1. The SMILES string of the molecule is CNCc1nnc(Oc2ccc(C(C)(C)C)cc2)s1. The zero-order chi connectivity index (χ0) is 13.9. The zero-order valence-corrected chi connectivity index (χ0v) is 12.5. The summed E-state index contributed by atoms with van der Waals surface area (Å²) in [6, 6.07) is 8.12. The van der Waals surface area contributed by atoms with Gasteiger partial charge in [-0.2, -0.15) is 0 Å². The molecular weight excluding hydrogens is 258 g/mol. The van der Waals surface area contributed by atoms with E-state index in [1.807, 2.05) is 19.2 Å². The van der Waals surface area contributed by atoms with Gasteiger partial charge in [0, 0.05) is 6.54 Å². The first-order chi connectivity index (χ1) is 8.99. The number of nitrogens with one attached hydrogen (secondary N) is 1. The van der Waals surface area contributed by atoms with E-state index in [9.17, 15) is 0 Å². The van der Waals surface area contributed by atoms with Crippen LogP contribution in [0.5, 0.6) is 10.9 Å². The van der Waals surface area contributed by atoms with E-state index >= 15 is 0 Å². The quantitative estimate of drug-likeness (QED) is 0.931. The van der Waals surface area contributed by atoms with Crippen molar-refractivity contribution in [3.8, 4) is 10.9 Å². The van der Waals surface area contributed by atoms with Crippen LogP contribution in [0.15, 0.2) is 24.3 Å². The number of aromatic nitrogens is 2. The number of nitrogens with zero attached hydrogens (tertiary/aromatic N) is 2. The molecule has 0 spiro atoms. The Labute approximate surface area is 117 Å². The van der Waals surface area contributed by atoms with Crippen LogP contribution in [0, 0.1) is 0 Å². The van der Waals surface area contributed by atoms with Crippen LogP contribution in [-0.2, 0) is 12.0 Å². The molecular formula is C14H19N3OS. The Bertz CT molecular complexity index is 528. The Balaban J connectivity index is 2.06. The zero-order valence-electron chi connectivity index (χ0n) is 11.7. The molecule has 0 fully saturated rings. The van der Waals surface area contributed by atoms with Gasteiger partial charge in [-0.3, -0.25) is 0 Å². The number of ether oxygens (including phenoxy) is 1. The summed E-state index contributed by atoms with van der Waals surface area (Å²) >= 11 is 1.46. The molecule has 4 nitrogen and oxygen atoms in total. The second-order valence-corrected chi connectivity index (χ2v) is 6.39. The van der Waals surface area contributed by atoms with Crippen molar-refractivity contribution < 1.29 is 4.74 Å². The fourth-order valence-electron chi connectivity index (χ4n) is 1.63. The number of benzene rings is 1. The topological polar surface area (TPSA) is 47.0 Å². The van der Waals surface area contributed by atoms with Crippen molar-refractivity contribution >= 4 is 11.3 Å². The van der Waals surface area contributed by atoms with Gasteiger partial charge >= 0.3 is 0 Å². The van der Waals surface area contributed by atoms with Gasteiger partial charge in [-0.25, -0.2) is 0 Å². The fraction of sp³-hybridized carbons (Fsp3) is 0.429. The Morgan fingerprint density at radius 1 is 1.16 bits per heavy atom. The van der Waals surface area contributed by atoms with Crippen molar-refractivity contribution in [2.45, 2.75) is 32.7 Å². The molecule has 1 aromatic heterocycles. The van der Waals surface area contributed by atoms with Gasteiger partial charge in [-0.15, -0.1) is 5.10 Å². The summed E-state index contributed by atoms with van der Waals surface area (Å²) in [4.78, 5) is 0. The van der Waals surface area contributed by atoms with E-state index in [-0.39, 0.29) is 5.41 Å². The van der Waals surface area contributed by atoms with Crippen molar-refractivity contribution in [1.82, 2.24) is 15.5 Å². The molecule has 0 radical (unpaired) electrons. The molecule has 1 aromatic carbocycles. The molecule has 0 aliphatic carbocycles. The van der Waals surface area contributed by atoms with Crippen LogP contribution in [0.4, 0.5) is 0 Å². The van der Waals surface area contributed by atoms with Crippen molar-refractivity contribution in [1.29, 1.82) is 0 Å². The Hall–Kier alpha value is -1.46. The summed E-state index contributed by atoms with van der Waals surface area (Å²) in [6.45, 7) is 7.29. The van der Waals surface area contributed by atoms with Crippen molar-refractivity contribution in [2.24, 2.45) is 0 Å². The van der Waals surface area contributed by atoms with Gasteiger partial charge in [0.05, 0.1) is 0 Å². The third-order valence-electron chi connectivity index (χ3n) is 2.70. The summed E-state index contributed by atoms with van der Waals surface area (Å²) in [6.07, 6.45) is 0. The average Bonchev–Trinajstić information content (AvgIpc) is 2.77. The highest BCUT2D eigenvalue weighted by atomic mass is 32.1. The minimum atomic E-state index is 0.154. The van der Waals surface area contributed by atoms with Crippen LogP contribution in [0.1, 0.15) is 31.3 Å². The van der Waals surface area contributed by atoms with E-state index in [1.54, 1.807) is 0 Å². The lowest BCUT2D eigenvalue weighted by molar-refractivity contribution is 0.472. The second kappa shape index (κ2) is 5.67. The van der Waals surface area contributed by atoms with E-state index < -0.39 is 0 Å². The maximum atomic E-state index is 5.69. The molecule has 0 aliphatic rings. The van der Waals surface area contributed by atoms with Crippen LogP contribution >= 0.6 is 11.3 Å². The smallest absolute Gasteiger partial charge is 0.299 e. The lowest BCUT2D eigenvalue weighted by atomic mass is 9.87. The van der Waals surface area contributed by atoms with E-state index in [0.29, 0.717) is 11.7 Å². The van der Waals surface area contributed by atoms with Gasteiger partial charge in [0.1, 0.15) is 10.8 Å². The second-order valence-electron chi connectivity index (χ2n) is 5.37. The molecule has 0 bridgehead atoms. The fourth-order valence-corrected chi connectivity index (χ4v) is 2.35. The molecule has 5 heteroatoms. The highest BCUT2D eigenvalue weighted by molar-refractivity contribution is 7.13. The number of hydrogen-bond acceptors (Lipinski definition) is 5. The van der Waals surface area contributed by atoms with Gasteiger partial charge < -0.3 is 10.1 Å². The first-order valence-corrected chi connectivity index (χ1v) is 7.06. The molecule has 0 atom stereocenters. The molecule has 0 saturated heterocycles. The van der Waals surface area contributed by atoms with E-state index in [0.717, 1.165) is 10.8 Å². The van der Waals surface area contributed by atoms with Gasteiger partial charge in [-0.05, 0) is 30.2 Å². The van der Waals surface area contributed by atoms with E-state index in [2.05, 4.69) is 48.4 Å². The van der Waals surface area contributed by atoms with Gasteiger partial charge in [0.15, 0.2) is 0 Å². The minimum absolute atomic E-state index is 0.154. The van der Waals surface area contributed by atoms with E-state index in [1.165, 1.54) is 16.9 Å². The molecule has 0 unspecified atom stereocenters. The normalized spacial score (nSPS) is 11.6. The van der Waals surface area contributed by atoms with Crippen molar-refractivity contribution in [2.75, 3.05) is 7.05 Å². The molecule has 1 heterocycles. The van der Waals surface area contributed by atoms with Crippen LogP contribution in [-0.4, -0.2) is 17.2 Å². The van der Waals surface area contributed by atoms with E-state index in [4.69, 9.17) is 4.74 Å². The van der Waals surface area contributed by atoms with Crippen molar-refractivity contribution in [3.63, 3.8) is 0 Å². The highest BCUT2D eigenvalue weighted by Gasteiger charge is 2.13. The number of rotatable bonds is 4. The summed E-state index contributed by atoms with van der Waals surface area (Å²) in [7, 11) is 1.88. The summed E-state index contributed by atoms with van der Waals surface area (Å²) in [5.41, 5.74) is 1.44. The first-order valence-electron chi connectivity index (χ1n) is 6.24. The molecule has 102 valence electrons. The highest BCUT2D eigenvalue weighted by Crippen LogP contribution is 2.28. The standard InChI is InChI=1S/C14H19N3OS/c1-14(2,3)10-5-7-11(8-6-10)18-13-17-16-12(19-13)9-15-4/h5-8,15H,9H2,1-4H3. The Kier molecular flexibility index (Phi) is 4.17. The predicted molar refractivity (Wildman–Crippen MR) is 77.9 cm³/mol. The van der Waals surface area contributed by atoms with Gasteiger partial charge in [-0.1, -0.05) is 49.3 Å². The maximum absolute atomic E-state index is 5.69. The summed E-state index contributed by atoms with van der Waals surface area (Å²) < 4.78 is 5.69. The lowest BCUT2D eigenvalue weighted by Gasteiger charge is -2.18. The Morgan fingerprint density at radius 3 is 2.42 bits per heavy atom. The molecule has 2 rings (SSSR count). The van der Waals surface area contributed by atoms with Gasteiger partial charge in [0.2, 0.25) is 0 Å². The first kappa shape index (κ1) is 14.0. The third-order valence-corrected chi connectivity index (χ3v) is 3.50. The van der Waals surface area contributed by atoms with Crippen LogP contribution in [0.3, 0.4) is 0 Å². The molecule has 0 amide bonds. The minimum Gasteiger partial charge on any atom is -0.430 e. The largest absolute Gasteiger partial charge is 0.430 e. The van der Waals surface area contributed by atoms with Gasteiger partial charge in [0.25, 0.3) is 5.19 Å². The molecule has 19 heavy (non-hydrogen) atoms. The molecule has 1 N–H and O–H groups in total. The third kappa shape index (κ3) is 3.75. The van der Waals surface area contributed by atoms with Crippen LogP contribution in [0.25, 0.3) is 0 Å². The molecule has 0 saturated carbocycles. The molecule has 2 aromatic rings. The Morgan fingerprint density at radius 2 is 1.84 bits per heavy atom. The van der Waals surface area contributed by atoms with Crippen LogP contribution < -0.4 is 10.1 Å².